The molecule has 0 aliphatic carbocycles. The standard InChI is InChI=1S/C20H24N2O4/c1-5-24-22(4)19(23)21-15-6-8-16(9-7-15)25-17-10-11-18-14(12-17)13-20(2,3)26-18/h6-12H,5,13H2,1-4H3,(H,21,23). The summed E-state index contributed by atoms with van der Waals surface area (Å²) in [4.78, 5) is 17.0. The van der Waals surface area contributed by atoms with Gasteiger partial charge in [-0.15, -0.1) is 0 Å². The molecule has 3 rings (SSSR count). The van der Waals surface area contributed by atoms with Crippen LogP contribution in [0, 0.1) is 0 Å². The molecule has 26 heavy (non-hydrogen) atoms. The van der Waals surface area contributed by atoms with Gasteiger partial charge in [0.15, 0.2) is 0 Å². The van der Waals surface area contributed by atoms with E-state index in [0.29, 0.717) is 18.0 Å². The molecule has 2 amide bonds. The second-order valence-electron chi connectivity index (χ2n) is 6.78. The van der Waals surface area contributed by atoms with Crippen LogP contribution in [0.5, 0.6) is 17.2 Å². The highest BCUT2D eigenvalue weighted by molar-refractivity contribution is 5.88. The molecule has 2 aromatic carbocycles. The van der Waals surface area contributed by atoms with Crippen LogP contribution < -0.4 is 14.8 Å². The van der Waals surface area contributed by atoms with Crippen LogP contribution in [-0.2, 0) is 11.3 Å². The molecular formula is C20H24N2O4. The number of urea groups is 1. The van der Waals surface area contributed by atoms with Crippen molar-refractivity contribution >= 4 is 11.7 Å². The first kappa shape index (κ1) is 18.1. The highest BCUT2D eigenvalue weighted by Gasteiger charge is 2.30. The fourth-order valence-corrected chi connectivity index (χ4v) is 2.85. The molecule has 2 aromatic rings. The van der Waals surface area contributed by atoms with E-state index >= 15 is 0 Å². The van der Waals surface area contributed by atoms with Crippen molar-refractivity contribution in [1.82, 2.24) is 5.06 Å². The third-order valence-electron chi connectivity index (χ3n) is 3.98. The van der Waals surface area contributed by atoms with Gasteiger partial charge in [-0.2, -0.15) is 0 Å². The number of hydrogen-bond donors (Lipinski definition) is 1. The van der Waals surface area contributed by atoms with Crippen molar-refractivity contribution in [2.45, 2.75) is 32.8 Å². The molecule has 0 radical (unpaired) electrons. The van der Waals surface area contributed by atoms with Crippen molar-refractivity contribution in [3.8, 4) is 17.2 Å². The SMILES string of the molecule is CCON(C)C(=O)Nc1ccc(Oc2ccc3c(c2)CC(C)(C)O3)cc1. The van der Waals surface area contributed by atoms with Crippen LogP contribution in [0.4, 0.5) is 10.5 Å². The first-order chi connectivity index (χ1) is 12.4. The molecule has 1 heterocycles. The van der Waals surface area contributed by atoms with Gasteiger partial charge in [0.05, 0.1) is 6.61 Å². The van der Waals surface area contributed by atoms with Crippen molar-refractivity contribution in [1.29, 1.82) is 0 Å². The van der Waals surface area contributed by atoms with E-state index in [0.717, 1.165) is 23.5 Å². The summed E-state index contributed by atoms with van der Waals surface area (Å²) in [7, 11) is 1.56. The molecule has 0 unspecified atom stereocenters. The molecule has 1 aliphatic rings. The number of fused-ring (bicyclic) bond motifs is 1. The predicted molar refractivity (Wildman–Crippen MR) is 99.8 cm³/mol. The molecule has 0 saturated heterocycles. The summed E-state index contributed by atoms with van der Waals surface area (Å²) in [5.41, 5.74) is 1.64. The average molecular weight is 356 g/mol. The minimum absolute atomic E-state index is 0.171. The highest BCUT2D eigenvalue weighted by Crippen LogP contribution is 2.37. The summed E-state index contributed by atoms with van der Waals surface area (Å²) in [6.45, 7) is 6.40. The van der Waals surface area contributed by atoms with Crippen LogP contribution in [0.3, 0.4) is 0 Å². The number of hydrogen-bond acceptors (Lipinski definition) is 4. The summed E-state index contributed by atoms with van der Waals surface area (Å²) in [6, 6.07) is 12.7. The minimum Gasteiger partial charge on any atom is -0.487 e. The Balaban J connectivity index is 1.63. The third-order valence-corrected chi connectivity index (χ3v) is 3.98. The molecular weight excluding hydrogens is 332 g/mol. The monoisotopic (exact) mass is 356 g/mol. The maximum atomic E-state index is 11.9. The Labute approximate surface area is 153 Å². The van der Waals surface area contributed by atoms with Gasteiger partial charge in [0.1, 0.15) is 22.8 Å². The van der Waals surface area contributed by atoms with Crippen LogP contribution in [0.2, 0.25) is 0 Å². The average Bonchev–Trinajstić information content (AvgIpc) is 2.90. The molecule has 6 nitrogen and oxygen atoms in total. The van der Waals surface area contributed by atoms with Gasteiger partial charge in [0, 0.05) is 24.7 Å². The van der Waals surface area contributed by atoms with Gasteiger partial charge in [-0.05, 0) is 63.2 Å². The van der Waals surface area contributed by atoms with Crippen molar-refractivity contribution in [2.24, 2.45) is 0 Å². The molecule has 0 atom stereocenters. The Kier molecular flexibility index (Phi) is 5.04. The maximum absolute atomic E-state index is 11.9. The quantitative estimate of drug-likeness (QED) is 0.795. The van der Waals surface area contributed by atoms with Crippen molar-refractivity contribution in [3.63, 3.8) is 0 Å². The second kappa shape index (κ2) is 7.25. The summed E-state index contributed by atoms with van der Waals surface area (Å²) in [5, 5.41) is 3.92. The van der Waals surface area contributed by atoms with Gasteiger partial charge in [-0.3, -0.25) is 4.84 Å². The van der Waals surface area contributed by atoms with Crippen molar-refractivity contribution < 1.29 is 19.1 Å². The van der Waals surface area contributed by atoms with E-state index in [-0.39, 0.29) is 11.6 Å². The lowest BCUT2D eigenvalue weighted by Gasteiger charge is -2.16. The molecule has 6 heteroatoms. The zero-order valence-corrected chi connectivity index (χ0v) is 15.5. The van der Waals surface area contributed by atoms with Gasteiger partial charge >= 0.3 is 6.03 Å². The third kappa shape index (κ3) is 4.26. The number of rotatable bonds is 5. The van der Waals surface area contributed by atoms with Crippen LogP contribution in [0.1, 0.15) is 26.3 Å². The van der Waals surface area contributed by atoms with E-state index in [2.05, 4.69) is 19.2 Å². The molecule has 0 spiro atoms. The lowest BCUT2D eigenvalue weighted by atomic mass is 10.0. The van der Waals surface area contributed by atoms with E-state index in [1.165, 1.54) is 5.06 Å². The Hall–Kier alpha value is -2.73. The number of hydroxylamine groups is 2. The molecule has 1 aliphatic heterocycles. The number of carbonyl (C=O) groups is 1. The second-order valence-corrected chi connectivity index (χ2v) is 6.78. The van der Waals surface area contributed by atoms with E-state index in [4.69, 9.17) is 14.3 Å². The lowest BCUT2D eigenvalue weighted by molar-refractivity contribution is -0.0879. The Morgan fingerprint density at radius 3 is 2.58 bits per heavy atom. The maximum Gasteiger partial charge on any atom is 0.345 e. The number of amides is 2. The van der Waals surface area contributed by atoms with Gasteiger partial charge in [0.25, 0.3) is 0 Å². The van der Waals surface area contributed by atoms with Crippen LogP contribution in [0.15, 0.2) is 42.5 Å². The number of nitrogens with one attached hydrogen (secondary N) is 1. The Morgan fingerprint density at radius 2 is 1.88 bits per heavy atom. The first-order valence-electron chi connectivity index (χ1n) is 8.64. The summed E-state index contributed by atoms with van der Waals surface area (Å²) < 4.78 is 11.8. The van der Waals surface area contributed by atoms with Crippen LogP contribution in [0.25, 0.3) is 0 Å². The molecule has 0 fully saturated rings. The number of benzene rings is 2. The predicted octanol–water partition coefficient (Wildman–Crippen LogP) is 4.61. The number of carbonyl (C=O) groups excluding carboxylic acids is 1. The van der Waals surface area contributed by atoms with E-state index in [9.17, 15) is 4.79 Å². The zero-order valence-electron chi connectivity index (χ0n) is 15.5. The molecule has 1 N–H and O–H groups in total. The van der Waals surface area contributed by atoms with Crippen molar-refractivity contribution in [2.75, 3.05) is 19.0 Å². The largest absolute Gasteiger partial charge is 0.487 e. The topological polar surface area (TPSA) is 60.0 Å². The Morgan fingerprint density at radius 1 is 1.19 bits per heavy atom. The fourth-order valence-electron chi connectivity index (χ4n) is 2.85. The van der Waals surface area contributed by atoms with E-state index in [1.807, 2.05) is 37.3 Å². The number of anilines is 1. The van der Waals surface area contributed by atoms with Gasteiger partial charge in [0.2, 0.25) is 0 Å². The van der Waals surface area contributed by atoms with E-state index in [1.54, 1.807) is 19.2 Å². The van der Waals surface area contributed by atoms with Crippen LogP contribution >= 0.6 is 0 Å². The first-order valence-corrected chi connectivity index (χ1v) is 8.64. The molecule has 0 aromatic heterocycles. The molecule has 0 bridgehead atoms. The van der Waals surface area contributed by atoms with E-state index < -0.39 is 0 Å². The van der Waals surface area contributed by atoms with Gasteiger partial charge in [-0.1, -0.05) is 0 Å². The normalized spacial score (nSPS) is 14.3. The molecule has 138 valence electrons. The summed E-state index contributed by atoms with van der Waals surface area (Å²) >= 11 is 0. The number of nitrogens with zero attached hydrogens (tertiary/aromatic N) is 1. The Bertz CT molecular complexity index is 787. The fraction of sp³-hybridized carbons (Fsp3) is 0.350. The smallest absolute Gasteiger partial charge is 0.345 e. The summed E-state index contributed by atoms with van der Waals surface area (Å²) in [6.07, 6.45) is 0.859. The minimum atomic E-state index is -0.332. The summed E-state index contributed by atoms with van der Waals surface area (Å²) in [5.74, 6) is 2.37. The van der Waals surface area contributed by atoms with Crippen LogP contribution in [-0.4, -0.2) is 30.3 Å². The van der Waals surface area contributed by atoms with Crippen molar-refractivity contribution in [3.05, 3.63) is 48.0 Å². The van der Waals surface area contributed by atoms with Gasteiger partial charge in [-0.25, -0.2) is 9.86 Å². The highest BCUT2D eigenvalue weighted by atomic mass is 16.7. The molecule has 0 saturated carbocycles. The van der Waals surface area contributed by atoms with Gasteiger partial charge < -0.3 is 14.8 Å². The zero-order chi connectivity index (χ0) is 18.7. The lowest BCUT2D eigenvalue weighted by Crippen LogP contribution is -2.31. The number of ether oxygens (including phenoxy) is 2.